The summed E-state index contributed by atoms with van der Waals surface area (Å²) in [4.78, 5) is 2.57. The van der Waals surface area contributed by atoms with E-state index in [1.54, 1.807) is 19.2 Å². The van der Waals surface area contributed by atoms with Crippen LogP contribution >= 0.6 is 0 Å². The summed E-state index contributed by atoms with van der Waals surface area (Å²) in [5.41, 5.74) is 6.45. The molecule has 152 valence electrons. The second kappa shape index (κ2) is 7.84. The highest BCUT2D eigenvalue weighted by atomic mass is 16.5. The molecular weight excluding hydrogens is 374 g/mol. The minimum Gasteiger partial charge on any atom is -0.504 e. The fraction of sp³-hybridized carbons (Fsp3) is 0.240. The molecule has 0 saturated carbocycles. The highest BCUT2D eigenvalue weighted by molar-refractivity contribution is 5.81. The smallest absolute Gasteiger partial charge is 0.161 e. The zero-order chi connectivity index (χ0) is 20.5. The predicted molar refractivity (Wildman–Crippen MR) is 119 cm³/mol. The van der Waals surface area contributed by atoms with Crippen molar-refractivity contribution in [3.63, 3.8) is 0 Å². The van der Waals surface area contributed by atoms with Crippen molar-refractivity contribution in [2.45, 2.75) is 6.04 Å². The molecule has 5 rings (SSSR count). The molecule has 2 aliphatic rings. The van der Waals surface area contributed by atoms with Crippen LogP contribution in [-0.4, -0.2) is 54.5 Å². The van der Waals surface area contributed by atoms with Gasteiger partial charge >= 0.3 is 0 Å². The Morgan fingerprint density at radius 1 is 0.900 bits per heavy atom. The maximum Gasteiger partial charge on any atom is 0.161 e. The molecule has 1 aliphatic carbocycles. The van der Waals surface area contributed by atoms with Crippen LogP contribution in [0.15, 0.2) is 71.8 Å². The highest BCUT2D eigenvalue weighted by Crippen LogP contribution is 2.46. The molecule has 0 aromatic heterocycles. The Morgan fingerprint density at radius 3 is 2.17 bits per heavy atom. The van der Waals surface area contributed by atoms with Gasteiger partial charge in [-0.2, -0.15) is 5.10 Å². The number of phenols is 1. The summed E-state index contributed by atoms with van der Waals surface area (Å²) < 4.78 is 5.17. The van der Waals surface area contributed by atoms with Gasteiger partial charge in [0.2, 0.25) is 0 Å². The number of benzene rings is 3. The minimum atomic E-state index is 0.139. The molecule has 1 N–H and O–H groups in total. The van der Waals surface area contributed by atoms with Crippen molar-refractivity contribution in [1.82, 2.24) is 9.91 Å². The third kappa shape index (κ3) is 3.31. The number of hydrogen-bond acceptors (Lipinski definition) is 5. The van der Waals surface area contributed by atoms with Gasteiger partial charge in [-0.15, -0.1) is 0 Å². The van der Waals surface area contributed by atoms with Crippen LogP contribution in [0.2, 0.25) is 0 Å². The van der Waals surface area contributed by atoms with Crippen molar-refractivity contribution in [2.75, 3.05) is 33.3 Å². The number of nitrogens with zero attached hydrogens (tertiary/aromatic N) is 3. The van der Waals surface area contributed by atoms with E-state index in [9.17, 15) is 5.11 Å². The van der Waals surface area contributed by atoms with E-state index in [-0.39, 0.29) is 5.75 Å². The number of hydrogen-bond donors (Lipinski definition) is 1. The van der Waals surface area contributed by atoms with Gasteiger partial charge in [-0.1, -0.05) is 48.5 Å². The zero-order valence-corrected chi connectivity index (χ0v) is 17.0. The maximum atomic E-state index is 9.74. The lowest BCUT2D eigenvalue weighted by molar-refractivity contribution is 0.114. The molecule has 1 saturated heterocycles. The van der Waals surface area contributed by atoms with Gasteiger partial charge < -0.3 is 9.84 Å². The second-order valence-corrected chi connectivity index (χ2v) is 7.74. The Balaban J connectivity index is 1.30. The third-order valence-electron chi connectivity index (χ3n) is 6.03. The van der Waals surface area contributed by atoms with Crippen LogP contribution in [0.3, 0.4) is 0 Å². The molecule has 0 amide bonds. The molecule has 3 aromatic carbocycles. The summed E-state index contributed by atoms with van der Waals surface area (Å²) in [7, 11) is 1.55. The lowest BCUT2D eigenvalue weighted by atomic mass is 10.0. The Hall–Kier alpha value is -3.31. The first-order chi connectivity index (χ1) is 14.7. The van der Waals surface area contributed by atoms with E-state index in [1.807, 2.05) is 12.3 Å². The van der Waals surface area contributed by atoms with Gasteiger partial charge in [0.15, 0.2) is 11.5 Å². The fourth-order valence-corrected chi connectivity index (χ4v) is 4.53. The summed E-state index contributed by atoms with van der Waals surface area (Å²) >= 11 is 0. The molecule has 30 heavy (non-hydrogen) atoms. The standard InChI is InChI=1S/C25H25N3O2/c1-30-24-16-18(10-11-23(24)29)17-26-28-14-12-27(13-15-28)25-21-8-4-2-6-19(21)20-7-3-5-9-22(20)25/h2-11,16-17,25,29H,12-15H2,1H3/b26-17-. The lowest BCUT2D eigenvalue weighted by Gasteiger charge is -2.37. The second-order valence-electron chi connectivity index (χ2n) is 7.74. The quantitative estimate of drug-likeness (QED) is 0.671. The maximum absolute atomic E-state index is 9.74. The Labute approximate surface area is 176 Å². The van der Waals surface area contributed by atoms with Crippen LogP contribution < -0.4 is 4.74 Å². The summed E-state index contributed by atoms with van der Waals surface area (Å²) in [5, 5.41) is 16.5. The van der Waals surface area contributed by atoms with Crippen LogP contribution in [0.1, 0.15) is 22.7 Å². The number of rotatable bonds is 4. The Bertz CT molecular complexity index is 1040. The molecular formula is C25H25N3O2. The molecule has 5 heteroatoms. The molecule has 3 aromatic rings. The topological polar surface area (TPSA) is 48.3 Å². The molecule has 1 aliphatic heterocycles. The van der Waals surface area contributed by atoms with Crippen molar-refractivity contribution >= 4 is 6.21 Å². The predicted octanol–water partition coefficient (Wildman–Crippen LogP) is 4.12. The number of ether oxygens (including phenoxy) is 1. The van der Waals surface area contributed by atoms with Gasteiger partial charge in [0.05, 0.1) is 19.4 Å². The van der Waals surface area contributed by atoms with Crippen LogP contribution in [-0.2, 0) is 0 Å². The van der Waals surface area contributed by atoms with Gasteiger partial charge in [0.1, 0.15) is 0 Å². The molecule has 1 fully saturated rings. The van der Waals surface area contributed by atoms with E-state index in [0.29, 0.717) is 11.8 Å². The zero-order valence-electron chi connectivity index (χ0n) is 17.0. The van der Waals surface area contributed by atoms with Crippen LogP contribution in [0.4, 0.5) is 0 Å². The Kier molecular flexibility index (Phi) is 4.89. The summed E-state index contributed by atoms with van der Waals surface area (Å²) in [6, 6.07) is 23.1. The van der Waals surface area contributed by atoms with Crippen molar-refractivity contribution in [3.05, 3.63) is 83.4 Å². The SMILES string of the molecule is COc1cc(/C=N\N2CCN(C3c4ccccc4-c4ccccc43)CC2)ccc1O. The minimum absolute atomic E-state index is 0.139. The van der Waals surface area contributed by atoms with Gasteiger partial charge in [0, 0.05) is 26.2 Å². The molecule has 5 nitrogen and oxygen atoms in total. The van der Waals surface area contributed by atoms with Crippen LogP contribution in [0, 0.1) is 0 Å². The number of aromatic hydroxyl groups is 1. The van der Waals surface area contributed by atoms with Crippen molar-refractivity contribution in [1.29, 1.82) is 0 Å². The number of phenolic OH excluding ortho intramolecular Hbond substituents is 1. The first-order valence-corrected chi connectivity index (χ1v) is 10.3. The first-order valence-electron chi connectivity index (χ1n) is 10.3. The number of piperazine rings is 1. The Morgan fingerprint density at radius 2 is 1.53 bits per heavy atom. The van der Waals surface area contributed by atoms with Gasteiger partial charge in [0.25, 0.3) is 0 Å². The highest BCUT2D eigenvalue weighted by Gasteiger charge is 2.33. The van der Waals surface area contributed by atoms with E-state index in [0.717, 1.165) is 31.7 Å². The normalized spacial score (nSPS) is 16.6. The van der Waals surface area contributed by atoms with Crippen molar-refractivity contribution in [3.8, 4) is 22.6 Å². The van der Waals surface area contributed by atoms with Crippen molar-refractivity contribution in [2.24, 2.45) is 5.10 Å². The van der Waals surface area contributed by atoms with E-state index in [1.165, 1.54) is 22.3 Å². The summed E-state index contributed by atoms with van der Waals surface area (Å²) in [5.74, 6) is 0.600. The van der Waals surface area contributed by atoms with E-state index < -0.39 is 0 Å². The van der Waals surface area contributed by atoms with Crippen LogP contribution in [0.25, 0.3) is 11.1 Å². The number of methoxy groups -OCH3 is 1. The molecule has 0 spiro atoms. The lowest BCUT2D eigenvalue weighted by Crippen LogP contribution is -2.45. The first kappa shape index (κ1) is 18.7. The van der Waals surface area contributed by atoms with Gasteiger partial charge in [-0.25, -0.2) is 0 Å². The van der Waals surface area contributed by atoms with E-state index in [2.05, 4.69) is 63.5 Å². The third-order valence-corrected chi connectivity index (χ3v) is 6.03. The number of fused-ring (bicyclic) bond motifs is 3. The largest absolute Gasteiger partial charge is 0.504 e. The van der Waals surface area contributed by atoms with Gasteiger partial charge in [-0.05, 0) is 46.0 Å². The molecule has 0 bridgehead atoms. The van der Waals surface area contributed by atoms with Crippen LogP contribution in [0.5, 0.6) is 11.5 Å². The molecule has 0 radical (unpaired) electrons. The molecule has 0 atom stereocenters. The van der Waals surface area contributed by atoms with E-state index >= 15 is 0 Å². The summed E-state index contributed by atoms with van der Waals surface area (Å²) in [6.07, 6.45) is 1.83. The fourth-order valence-electron chi connectivity index (χ4n) is 4.53. The van der Waals surface area contributed by atoms with Crippen molar-refractivity contribution < 1.29 is 9.84 Å². The summed E-state index contributed by atoms with van der Waals surface area (Å²) in [6.45, 7) is 3.69. The van der Waals surface area contributed by atoms with E-state index in [4.69, 9.17) is 4.74 Å². The molecule has 1 heterocycles. The van der Waals surface area contributed by atoms with Gasteiger partial charge in [-0.3, -0.25) is 9.91 Å². The average Bonchev–Trinajstić information content (AvgIpc) is 3.13. The average molecular weight is 399 g/mol. The monoisotopic (exact) mass is 399 g/mol. The number of hydrazone groups is 1. The molecule has 0 unspecified atom stereocenters.